The van der Waals surface area contributed by atoms with E-state index >= 15 is 0 Å². The number of fused-ring (bicyclic) bond motifs is 1. The van der Waals surface area contributed by atoms with Gasteiger partial charge in [-0.2, -0.15) is 14.1 Å². The first-order valence-electron chi connectivity index (χ1n) is 32.8. The number of carboxylic acids is 2. The van der Waals surface area contributed by atoms with Gasteiger partial charge in [0.25, 0.3) is 11.5 Å². The molecule has 4 amide bonds. The van der Waals surface area contributed by atoms with Crippen LogP contribution in [0.4, 0.5) is 11.6 Å². The minimum Gasteiger partial charge on any atom is -0.480 e. The van der Waals surface area contributed by atoms with Gasteiger partial charge < -0.3 is 52.0 Å². The van der Waals surface area contributed by atoms with Crippen LogP contribution < -0.4 is 48.6 Å². The molecule has 1 unspecified atom stereocenters. The Morgan fingerprint density at radius 2 is 1.52 bits per heavy atom. The number of nitrogens with one attached hydrogen (secondary N) is 6. The maximum Gasteiger partial charge on any atom is 0.552 e. The molecule has 4 aromatic heterocycles. The number of aliphatic carboxylic acids is 2. The lowest BCUT2D eigenvalue weighted by atomic mass is 9.83. The number of carbonyl (C=O) groups is 10. The first-order chi connectivity index (χ1) is 47.3. The van der Waals surface area contributed by atoms with Gasteiger partial charge in [-0.15, -0.1) is 0 Å². The summed E-state index contributed by atoms with van der Waals surface area (Å²) in [5.41, 5.74) is 16.1. The van der Waals surface area contributed by atoms with Gasteiger partial charge in [0.15, 0.2) is 40.0 Å². The van der Waals surface area contributed by atoms with Crippen LogP contribution >= 0.6 is 21.6 Å². The van der Waals surface area contributed by atoms with Crippen LogP contribution in [0.1, 0.15) is 127 Å². The van der Waals surface area contributed by atoms with Crippen LogP contribution in [0, 0.1) is 56.3 Å². The van der Waals surface area contributed by atoms with Crippen molar-refractivity contribution in [3.8, 4) is 0 Å². The lowest BCUT2D eigenvalue weighted by molar-refractivity contribution is -0.838. The van der Waals surface area contributed by atoms with Gasteiger partial charge in [0, 0.05) is 78.8 Å². The molecular weight excluding hydrogens is 1320 g/mol. The van der Waals surface area contributed by atoms with Crippen molar-refractivity contribution in [2.45, 2.75) is 118 Å². The maximum atomic E-state index is 14.9. The molecule has 1 aliphatic carbocycles. The molecule has 0 bridgehead atoms. The molecular formula is C68H76N14O15S2+2. The average Bonchev–Trinajstić information content (AvgIpc) is 1.47. The summed E-state index contributed by atoms with van der Waals surface area (Å²) in [5.74, 6) is -11.7. The Bertz CT molecular complexity index is 4700. The molecule has 10 heterocycles. The largest absolute Gasteiger partial charge is 0.552 e. The van der Waals surface area contributed by atoms with Crippen molar-refractivity contribution in [1.29, 1.82) is 0 Å². The predicted molar refractivity (Wildman–Crippen MR) is 364 cm³/mol. The van der Waals surface area contributed by atoms with Crippen molar-refractivity contribution in [2.75, 3.05) is 49.4 Å². The first kappa shape index (κ1) is 68.9. The fraction of sp³-hybridized carbons (Fsp3) is 0.441. The molecule has 0 fully saturated rings. The first-order valence-corrected chi connectivity index (χ1v) is 35.3. The van der Waals surface area contributed by atoms with Gasteiger partial charge in [0.2, 0.25) is 29.4 Å². The summed E-state index contributed by atoms with van der Waals surface area (Å²) in [6.45, 7) is 14.3. The van der Waals surface area contributed by atoms with Crippen molar-refractivity contribution < 1.29 is 76.8 Å². The average molecular weight is 1390 g/mol. The lowest BCUT2D eigenvalue weighted by Crippen LogP contribution is -2.70. The van der Waals surface area contributed by atoms with E-state index in [-0.39, 0.29) is 96.2 Å². The highest BCUT2D eigenvalue weighted by Gasteiger charge is 2.77. The number of amides is 4. The monoisotopic (exact) mass is 1390 g/mol. The van der Waals surface area contributed by atoms with E-state index in [4.69, 9.17) is 15.2 Å². The van der Waals surface area contributed by atoms with Crippen LogP contribution in [0.3, 0.4) is 0 Å². The topological polar surface area (TPSA) is 403 Å². The van der Waals surface area contributed by atoms with Gasteiger partial charge in [-0.3, -0.25) is 48.1 Å². The molecule has 29 nitrogen and oxygen atoms in total. The maximum absolute atomic E-state index is 14.9. The van der Waals surface area contributed by atoms with Crippen molar-refractivity contribution in [1.82, 2.24) is 50.3 Å². The Morgan fingerprint density at radius 1 is 0.818 bits per heavy atom. The zero-order chi connectivity index (χ0) is 70.8. The van der Waals surface area contributed by atoms with Crippen LogP contribution in [0.15, 0.2) is 46.7 Å². The molecule has 0 saturated heterocycles. The summed E-state index contributed by atoms with van der Waals surface area (Å²) in [4.78, 5) is 161. The number of ether oxygens (including phenoxy) is 2. The Morgan fingerprint density at radius 3 is 2.19 bits per heavy atom. The summed E-state index contributed by atoms with van der Waals surface area (Å²) in [6.07, 6.45) is 7.57. The highest BCUT2D eigenvalue weighted by molar-refractivity contribution is 8.76. The lowest BCUT2D eigenvalue weighted by Gasteiger charge is -2.39. The smallest absolute Gasteiger partial charge is 0.480 e. The number of H-pyrrole nitrogens is 1. The van der Waals surface area contributed by atoms with Gasteiger partial charge in [-0.05, 0) is 87.9 Å². The summed E-state index contributed by atoms with van der Waals surface area (Å²) >= 11 is 0. The van der Waals surface area contributed by atoms with E-state index in [9.17, 15) is 63.0 Å². The van der Waals surface area contributed by atoms with Gasteiger partial charge in [-0.1, -0.05) is 51.5 Å². The highest BCUT2D eigenvalue weighted by Crippen LogP contribution is 2.59. The molecule has 7 aliphatic rings. The number of carboxylic acid groups (broad SMARTS) is 2. The number of nitrogens with zero attached hydrogens (tertiary/aromatic N) is 7. The van der Waals surface area contributed by atoms with Crippen molar-refractivity contribution in [3.63, 3.8) is 0 Å². The van der Waals surface area contributed by atoms with E-state index in [1.54, 1.807) is 19.1 Å². The summed E-state index contributed by atoms with van der Waals surface area (Å²) in [6, 6.07) is 2.98. The molecule has 6 aliphatic heterocycles. The van der Waals surface area contributed by atoms with Crippen LogP contribution in [0.25, 0.3) is 35.0 Å². The van der Waals surface area contributed by atoms with Crippen LogP contribution in [0.5, 0.6) is 0 Å². The standard InChI is InChI=1S/C68H74N14O15S2/c1-9-40-32(5)46-23-44-30(3)31(4)45-24-47-33(6)41(57-54-55(66(95)96-8)59(87)53-34(7)48-25-49(40)80(46)68(79(44)45,81(47)57)82(48)58(53)54)16-18-50(84)72-28-52(86)97-19-20-98-99-29-43(65(93)94)76-62(89)36(22-51(85)70-10-2)21-39(83)15-17-42(64(91)92)75-61(88)35-11-13-37(14-12-35)71-26-38-27-73-60-56(74-38)63(90)78-67(69)77-60/h11-14,23-25,27,32-33,36,40-43,55H,9-10,15-22,26,28-29H2,1-8H3,(H8-,69,70,71,72,75,76,78,84,85,88,89,90,91,92,93,94)/p+2/t32-,33+,36+,40-,41+,42+,43+,55?,68+/m1/s1. The normalized spacial score (nSPS) is 20.8. The number of benzene rings is 1. The Hall–Kier alpha value is -10.0. The summed E-state index contributed by atoms with van der Waals surface area (Å²) in [7, 11) is 3.49. The molecule has 12 rings (SSSR count). The van der Waals surface area contributed by atoms with Crippen LogP contribution in [-0.2, 0) is 60.3 Å². The van der Waals surface area contributed by atoms with E-state index in [1.807, 2.05) is 6.92 Å². The second-order valence-corrected chi connectivity index (χ2v) is 28.3. The zero-order valence-electron chi connectivity index (χ0n) is 55.7. The Labute approximate surface area is 573 Å². The van der Waals surface area contributed by atoms with E-state index in [1.165, 1.54) is 36.8 Å². The molecule has 31 heteroatoms. The number of nitrogen functional groups attached to an aromatic ring is 1. The Balaban J connectivity index is 0.619. The number of aromatic nitrogens is 6. The van der Waals surface area contributed by atoms with Gasteiger partial charge in [0.05, 0.1) is 82.8 Å². The third-order valence-electron chi connectivity index (χ3n) is 20.0. The van der Waals surface area contributed by atoms with Crippen molar-refractivity contribution in [2.24, 2.45) is 35.5 Å². The fourth-order valence-corrected chi connectivity index (χ4v) is 17.1. The number of anilines is 2. The number of ketones is 2. The third kappa shape index (κ3) is 12.0. The minimum atomic E-state index is -1.53. The molecule has 1 aromatic carbocycles. The SMILES string of the molecule is CCNC(=O)C[C@H](CC(=O)CC[C@H](NC(=O)c1ccc(NCc2cnc3nc(N)[nH]c(=O)c3n2)cc1)C(=O)O)C(=O)N[C@@H](CSSCCOC(=O)CNC(=O)CC[C@@H]1C2=C3c4c(c(C)c5n4[C@@]46n7c(c(C)c(C)c7=CC7=[N+]4C(=C5)[C@H](CC)[C@H]7C)=CC(=[N+]26)[C@H]1C)C(=O)C3C(=O)OC)C(=O)O. The summed E-state index contributed by atoms with van der Waals surface area (Å²) in [5, 5.41) is 35.4. The second kappa shape index (κ2) is 27.3. The van der Waals surface area contributed by atoms with E-state index in [0.717, 1.165) is 72.5 Å². The number of nitrogens with two attached hydrogens (primary N) is 1. The number of esters is 2. The highest BCUT2D eigenvalue weighted by atomic mass is 33.1. The molecule has 9 atom stereocenters. The number of methoxy groups -OCH3 is 1. The number of carbonyl (C=O) groups excluding carboxylic acids is 8. The molecule has 518 valence electrons. The van der Waals surface area contributed by atoms with E-state index in [2.05, 4.69) is 118 Å². The van der Waals surface area contributed by atoms with Gasteiger partial charge in [-0.25, -0.2) is 19.6 Å². The molecule has 0 saturated carbocycles. The van der Waals surface area contributed by atoms with Gasteiger partial charge in [0.1, 0.15) is 31.0 Å². The minimum absolute atomic E-state index is 0.00126. The quantitative estimate of drug-likeness (QED) is 0.0105. The molecule has 10 N–H and O–H groups in total. The number of aromatic amines is 1. The molecule has 99 heavy (non-hydrogen) atoms. The molecule has 0 radical (unpaired) electrons. The van der Waals surface area contributed by atoms with E-state index < -0.39 is 114 Å². The van der Waals surface area contributed by atoms with Gasteiger partial charge >= 0.3 is 29.8 Å². The number of hydrogen-bond donors (Lipinski definition) is 9. The van der Waals surface area contributed by atoms with Crippen molar-refractivity contribution >= 4 is 139 Å². The predicted octanol–water partition coefficient (Wildman–Crippen LogP) is 2.21. The zero-order valence-corrected chi connectivity index (χ0v) is 57.3. The van der Waals surface area contributed by atoms with Crippen LogP contribution in [0.2, 0.25) is 0 Å². The Kier molecular flexibility index (Phi) is 19.0. The molecule has 5 aromatic rings. The van der Waals surface area contributed by atoms with E-state index in [0.29, 0.717) is 34.6 Å². The number of rotatable bonds is 30. The number of allylic oxidation sites excluding steroid dienone is 2. The fourth-order valence-electron chi connectivity index (χ4n) is 15.1. The van der Waals surface area contributed by atoms with Crippen LogP contribution in [-0.4, -0.2) is 169 Å². The summed E-state index contributed by atoms with van der Waals surface area (Å²) < 4.78 is 20.4. The number of Topliss-reactive ketones (excluding diaryl/α,β-unsaturated/α-hetero) is 2. The molecule has 1 spiro atoms. The van der Waals surface area contributed by atoms with Crippen molar-refractivity contribution in [3.05, 3.63) is 108 Å². The second-order valence-electron chi connectivity index (χ2n) is 25.7. The third-order valence-corrected chi connectivity index (χ3v) is 22.3. The number of hydrogen-bond acceptors (Lipinski definition) is 20.